The highest BCUT2D eigenvalue weighted by Crippen LogP contribution is 2.31. The highest BCUT2D eigenvalue weighted by molar-refractivity contribution is 6.22. The molecule has 5 N–H and O–H groups in total. The molecule has 3 aromatic rings. The number of amidine groups is 1. The molecule has 1 aliphatic heterocycles. The number of aromatic nitrogens is 1. The van der Waals surface area contributed by atoms with Crippen molar-refractivity contribution in [3.05, 3.63) is 95.7 Å². The molecule has 2 aliphatic rings. The van der Waals surface area contributed by atoms with Crippen LogP contribution in [0.15, 0.2) is 84.2 Å². The fraction of sp³-hybridized carbons (Fsp3) is 0.300. The van der Waals surface area contributed by atoms with Gasteiger partial charge in [0.25, 0.3) is 5.91 Å². The van der Waals surface area contributed by atoms with E-state index in [1.807, 2.05) is 66.4 Å². The normalized spacial score (nSPS) is 22.7. The molecule has 0 spiro atoms. The van der Waals surface area contributed by atoms with Gasteiger partial charge in [-0.05, 0) is 56.0 Å². The topological polar surface area (TPSA) is 110 Å². The van der Waals surface area contributed by atoms with Gasteiger partial charge in [0.15, 0.2) is 0 Å². The summed E-state index contributed by atoms with van der Waals surface area (Å²) in [5, 5.41) is 15.9. The molecule has 39 heavy (non-hydrogen) atoms. The molecule has 2 aromatic carbocycles. The van der Waals surface area contributed by atoms with Gasteiger partial charge in [-0.25, -0.2) is 4.98 Å². The number of likely N-dealkylation sites (N-methyl/N-ethyl adjacent to an activating group) is 1. The second-order valence-electron chi connectivity index (χ2n) is 10.1. The van der Waals surface area contributed by atoms with Gasteiger partial charge in [-0.2, -0.15) is 4.39 Å². The lowest BCUT2D eigenvalue weighted by Gasteiger charge is -2.47. The summed E-state index contributed by atoms with van der Waals surface area (Å²) in [6.07, 6.45) is 2.54. The van der Waals surface area contributed by atoms with Crippen LogP contribution >= 0.6 is 0 Å². The van der Waals surface area contributed by atoms with Gasteiger partial charge in [-0.1, -0.05) is 48.5 Å². The van der Waals surface area contributed by atoms with Crippen molar-refractivity contribution in [1.82, 2.24) is 20.1 Å². The van der Waals surface area contributed by atoms with Gasteiger partial charge in [-0.15, -0.1) is 0 Å². The Bertz CT molecular complexity index is 1380. The molecular weight excluding hydrogens is 493 g/mol. The highest BCUT2D eigenvalue weighted by Gasteiger charge is 2.44. The number of amides is 1. The maximum absolute atomic E-state index is 13.6. The fourth-order valence-electron chi connectivity index (χ4n) is 5.35. The minimum absolute atomic E-state index is 0.00000221. The number of nitrogens with two attached hydrogens (primary N) is 1. The molecule has 1 saturated heterocycles. The van der Waals surface area contributed by atoms with E-state index in [0.717, 1.165) is 36.1 Å². The first-order chi connectivity index (χ1) is 18.8. The maximum Gasteiger partial charge on any atom is 0.262 e. The number of benzene rings is 2. The minimum Gasteiger partial charge on any atom is -0.367 e. The lowest BCUT2D eigenvalue weighted by atomic mass is 10.0. The Balaban J connectivity index is 1.46. The van der Waals surface area contributed by atoms with E-state index in [-0.39, 0.29) is 35.6 Å². The molecule has 1 aromatic heterocycles. The number of carbonyl (C=O) groups is 1. The number of hydrogen-bond donors (Lipinski definition) is 4. The Morgan fingerprint density at radius 2 is 1.82 bits per heavy atom. The monoisotopic (exact) mass is 527 g/mol. The third-order valence-corrected chi connectivity index (χ3v) is 7.61. The zero-order valence-electron chi connectivity index (χ0n) is 22.2. The van der Waals surface area contributed by atoms with Crippen LogP contribution < -0.4 is 16.4 Å². The van der Waals surface area contributed by atoms with Crippen LogP contribution in [-0.4, -0.2) is 51.8 Å². The van der Waals surface area contributed by atoms with Crippen molar-refractivity contribution < 1.29 is 9.18 Å². The molecule has 3 atom stereocenters. The van der Waals surface area contributed by atoms with Crippen LogP contribution in [0.5, 0.6) is 0 Å². The van der Waals surface area contributed by atoms with Gasteiger partial charge in [0, 0.05) is 36.9 Å². The summed E-state index contributed by atoms with van der Waals surface area (Å²) in [6.45, 7) is 2.35. The second kappa shape index (κ2) is 11.2. The third-order valence-electron chi connectivity index (χ3n) is 7.61. The van der Waals surface area contributed by atoms with E-state index in [0.29, 0.717) is 18.1 Å². The lowest BCUT2D eigenvalue weighted by molar-refractivity contribution is -0.131. The Hall–Kier alpha value is -4.24. The molecule has 1 amide bonds. The third kappa shape index (κ3) is 5.49. The Labute approximate surface area is 228 Å². The summed E-state index contributed by atoms with van der Waals surface area (Å²) in [5.41, 5.74) is 9.84. The predicted molar refractivity (Wildman–Crippen MR) is 151 cm³/mol. The standard InChI is InChI=1S/C30H34FN7O/c1-19-37(2)30(39)27(28(33)38(19)25-12-6-10-23(25)32)29(35-22-8-4-3-5-9-22)34-18-20-14-16-21(17-15-20)24-11-7-13-26(31)36-24/h3-5,7-9,11,13-17,19,23,25,33-35H,6,10,12,18,32H2,1-2H3/b29-27-,33-28?/t19?,23-,25+/m1/s1. The molecule has 2 fully saturated rings. The van der Waals surface area contributed by atoms with Gasteiger partial charge >= 0.3 is 0 Å². The summed E-state index contributed by atoms with van der Waals surface area (Å²) in [7, 11) is 1.77. The van der Waals surface area contributed by atoms with Crippen molar-refractivity contribution in [3.8, 4) is 11.3 Å². The summed E-state index contributed by atoms with van der Waals surface area (Å²) >= 11 is 0. The van der Waals surface area contributed by atoms with Crippen molar-refractivity contribution >= 4 is 17.4 Å². The number of pyridine rings is 1. The van der Waals surface area contributed by atoms with Crippen molar-refractivity contribution in [3.63, 3.8) is 0 Å². The van der Waals surface area contributed by atoms with E-state index in [1.54, 1.807) is 24.1 Å². The largest absolute Gasteiger partial charge is 0.367 e. The number of hydrogen-bond acceptors (Lipinski definition) is 6. The number of nitrogens with zero attached hydrogens (tertiary/aromatic N) is 3. The minimum atomic E-state index is -0.520. The molecular formula is C30H34FN7O. The van der Waals surface area contributed by atoms with Crippen LogP contribution in [0.1, 0.15) is 31.7 Å². The van der Waals surface area contributed by atoms with Crippen LogP contribution in [0, 0.1) is 11.4 Å². The van der Waals surface area contributed by atoms with E-state index in [2.05, 4.69) is 15.6 Å². The second-order valence-corrected chi connectivity index (χ2v) is 10.1. The number of rotatable bonds is 7. The fourth-order valence-corrected chi connectivity index (χ4v) is 5.35. The van der Waals surface area contributed by atoms with Crippen LogP contribution in [0.3, 0.4) is 0 Å². The molecule has 202 valence electrons. The van der Waals surface area contributed by atoms with Gasteiger partial charge in [0.2, 0.25) is 5.95 Å². The maximum atomic E-state index is 13.6. The van der Waals surface area contributed by atoms with Gasteiger partial charge in [-0.3, -0.25) is 10.2 Å². The van der Waals surface area contributed by atoms with E-state index in [1.165, 1.54) is 6.07 Å². The average molecular weight is 528 g/mol. The van der Waals surface area contributed by atoms with Gasteiger partial charge < -0.3 is 26.2 Å². The summed E-state index contributed by atoms with van der Waals surface area (Å²) in [4.78, 5) is 21.2. The Morgan fingerprint density at radius 3 is 2.49 bits per heavy atom. The van der Waals surface area contributed by atoms with Crippen molar-refractivity contribution in [2.45, 2.75) is 51.0 Å². The van der Waals surface area contributed by atoms with E-state index < -0.39 is 5.95 Å². The van der Waals surface area contributed by atoms with Gasteiger partial charge in [0.05, 0.1) is 5.69 Å². The summed E-state index contributed by atoms with van der Waals surface area (Å²) in [6, 6.07) is 21.9. The first-order valence-corrected chi connectivity index (χ1v) is 13.3. The molecule has 0 radical (unpaired) electrons. The van der Waals surface area contributed by atoms with E-state index in [9.17, 15) is 14.6 Å². The zero-order valence-corrected chi connectivity index (χ0v) is 22.2. The first-order valence-electron chi connectivity index (χ1n) is 13.3. The molecule has 8 nitrogen and oxygen atoms in total. The van der Waals surface area contributed by atoms with E-state index in [4.69, 9.17) is 5.73 Å². The first kappa shape index (κ1) is 26.4. The molecule has 2 heterocycles. The quantitative estimate of drug-likeness (QED) is 0.270. The van der Waals surface area contributed by atoms with Crippen LogP contribution in [-0.2, 0) is 11.3 Å². The van der Waals surface area contributed by atoms with Gasteiger partial charge in [0.1, 0.15) is 23.4 Å². The molecule has 1 saturated carbocycles. The smallest absolute Gasteiger partial charge is 0.262 e. The molecule has 0 bridgehead atoms. The van der Waals surface area contributed by atoms with Crippen molar-refractivity contribution in [2.75, 3.05) is 12.4 Å². The van der Waals surface area contributed by atoms with Crippen molar-refractivity contribution in [1.29, 1.82) is 5.41 Å². The molecule has 1 unspecified atom stereocenters. The molecule has 9 heteroatoms. The van der Waals surface area contributed by atoms with Crippen molar-refractivity contribution in [2.24, 2.45) is 5.73 Å². The average Bonchev–Trinajstić information content (AvgIpc) is 3.36. The van der Waals surface area contributed by atoms with Crippen LogP contribution in [0.25, 0.3) is 11.3 Å². The number of halogens is 1. The highest BCUT2D eigenvalue weighted by atomic mass is 19.1. The summed E-state index contributed by atoms with van der Waals surface area (Å²) < 4.78 is 13.6. The summed E-state index contributed by atoms with van der Waals surface area (Å²) in [5.74, 6) is -0.115. The Kier molecular flexibility index (Phi) is 7.60. The Morgan fingerprint density at radius 1 is 1.08 bits per heavy atom. The number of anilines is 1. The molecule has 1 aliphatic carbocycles. The SMILES string of the molecule is CC1N(C)C(=O)/C(=C(/NCc2ccc(-c3cccc(F)n3)cc2)Nc2ccccc2)C(=N)N1[C@H]1CCC[C@H]1N. The predicted octanol–water partition coefficient (Wildman–Crippen LogP) is 4.28. The number of nitrogens with one attached hydrogen (secondary N) is 3. The number of carbonyl (C=O) groups excluding carboxylic acids is 1. The van der Waals surface area contributed by atoms with Crippen LogP contribution in [0.2, 0.25) is 0 Å². The molecule has 5 rings (SSSR count). The van der Waals surface area contributed by atoms with E-state index >= 15 is 0 Å². The lowest BCUT2D eigenvalue weighted by Crippen LogP contribution is -2.63. The number of para-hydroxylation sites is 1. The van der Waals surface area contributed by atoms with Crippen LogP contribution in [0.4, 0.5) is 10.1 Å². The zero-order chi connectivity index (χ0) is 27.5.